The van der Waals surface area contributed by atoms with Gasteiger partial charge in [-0.1, -0.05) is 29.8 Å². The van der Waals surface area contributed by atoms with E-state index in [9.17, 15) is 0 Å². The van der Waals surface area contributed by atoms with Crippen LogP contribution in [0, 0.1) is 4.77 Å². The van der Waals surface area contributed by atoms with E-state index in [1.165, 1.54) is 0 Å². The molecular formula is C15H10ClN5OS. The number of H-pyrrole nitrogens is 1. The van der Waals surface area contributed by atoms with Gasteiger partial charge >= 0.3 is 0 Å². The molecule has 0 amide bonds. The largest absolute Gasteiger partial charge is 0.269 e. The molecule has 0 bridgehead atoms. The Morgan fingerprint density at radius 1 is 1.13 bits per heavy atom. The lowest BCUT2D eigenvalue weighted by molar-refractivity contribution is 0.315. The maximum absolute atomic E-state index is 5.93. The molecule has 0 aliphatic rings. The van der Waals surface area contributed by atoms with Crippen LogP contribution in [0.3, 0.4) is 0 Å². The van der Waals surface area contributed by atoms with Crippen molar-refractivity contribution in [3.05, 3.63) is 63.6 Å². The lowest BCUT2D eigenvalue weighted by atomic mass is 10.1. The van der Waals surface area contributed by atoms with Gasteiger partial charge in [-0.15, -0.1) is 0 Å². The topological polar surface area (TPSA) is 72.5 Å². The van der Waals surface area contributed by atoms with Crippen molar-refractivity contribution in [1.82, 2.24) is 25.1 Å². The van der Waals surface area contributed by atoms with Crippen molar-refractivity contribution in [2.75, 3.05) is 0 Å². The summed E-state index contributed by atoms with van der Waals surface area (Å²) in [5, 5.41) is 15.7. The number of hydrogen-bond acceptors (Lipinski definition) is 5. The molecule has 0 saturated heterocycles. The molecule has 8 heteroatoms. The Morgan fingerprint density at radius 3 is 2.78 bits per heavy atom. The zero-order valence-corrected chi connectivity index (χ0v) is 13.3. The van der Waals surface area contributed by atoms with Gasteiger partial charge in [-0.05, 0) is 52.4 Å². The highest BCUT2D eigenvalue weighted by Gasteiger charge is 2.14. The van der Waals surface area contributed by atoms with Crippen LogP contribution >= 0.6 is 23.8 Å². The third kappa shape index (κ3) is 2.54. The SMILES string of the molecule is S=c1[nH]nc(Cc2ccc(Cl)cc2)n1-c1cccc2nonc12. The van der Waals surface area contributed by atoms with Crippen molar-refractivity contribution >= 4 is 34.9 Å². The molecule has 23 heavy (non-hydrogen) atoms. The third-order valence-electron chi connectivity index (χ3n) is 3.52. The van der Waals surface area contributed by atoms with E-state index in [2.05, 4.69) is 20.5 Å². The number of halogens is 1. The molecule has 2 aromatic carbocycles. The summed E-state index contributed by atoms with van der Waals surface area (Å²) in [5.74, 6) is 0.771. The summed E-state index contributed by atoms with van der Waals surface area (Å²) in [5.41, 5.74) is 3.17. The van der Waals surface area contributed by atoms with E-state index in [4.69, 9.17) is 28.4 Å². The van der Waals surface area contributed by atoms with E-state index in [1.54, 1.807) is 0 Å². The first-order valence-corrected chi connectivity index (χ1v) is 7.63. The van der Waals surface area contributed by atoms with Crippen molar-refractivity contribution in [3.8, 4) is 5.69 Å². The third-order valence-corrected chi connectivity index (χ3v) is 4.05. The fourth-order valence-corrected chi connectivity index (χ4v) is 2.83. The number of benzene rings is 2. The second-order valence-electron chi connectivity index (χ2n) is 4.99. The fraction of sp³-hybridized carbons (Fsp3) is 0.0667. The predicted octanol–water partition coefficient (Wildman–Crippen LogP) is 3.71. The molecule has 0 unspecified atom stereocenters. The summed E-state index contributed by atoms with van der Waals surface area (Å²) in [6, 6.07) is 13.2. The first-order chi connectivity index (χ1) is 11.2. The quantitative estimate of drug-likeness (QED) is 0.574. The summed E-state index contributed by atoms with van der Waals surface area (Å²) >= 11 is 11.3. The molecule has 2 aromatic heterocycles. The highest BCUT2D eigenvalue weighted by atomic mass is 35.5. The van der Waals surface area contributed by atoms with Crippen LogP contribution in [0.25, 0.3) is 16.7 Å². The minimum Gasteiger partial charge on any atom is -0.269 e. The summed E-state index contributed by atoms with van der Waals surface area (Å²) < 4.78 is 7.16. The Kier molecular flexibility index (Phi) is 3.44. The first-order valence-electron chi connectivity index (χ1n) is 6.85. The molecule has 0 spiro atoms. The minimum atomic E-state index is 0.490. The number of fused-ring (bicyclic) bond motifs is 1. The molecular weight excluding hydrogens is 334 g/mol. The van der Waals surface area contributed by atoms with Gasteiger partial charge in [0.15, 0.2) is 10.3 Å². The highest BCUT2D eigenvalue weighted by molar-refractivity contribution is 7.71. The molecule has 0 aliphatic carbocycles. The van der Waals surface area contributed by atoms with Gasteiger partial charge in [0.05, 0.1) is 5.69 Å². The van der Waals surface area contributed by atoms with Gasteiger partial charge in [-0.2, -0.15) is 5.10 Å². The fourth-order valence-electron chi connectivity index (χ4n) is 2.45. The Morgan fingerprint density at radius 2 is 1.96 bits per heavy atom. The average molecular weight is 344 g/mol. The van der Waals surface area contributed by atoms with Gasteiger partial charge in [0.2, 0.25) is 0 Å². The summed E-state index contributed by atoms with van der Waals surface area (Å²) in [7, 11) is 0. The van der Waals surface area contributed by atoms with Crippen LogP contribution in [0.5, 0.6) is 0 Å². The monoisotopic (exact) mass is 343 g/mol. The maximum atomic E-state index is 5.93. The molecule has 4 aromatic rings. The Bertz CT molecular complexity index is 1030. The van der Waals surface area contributed by atoms with Crippen LogP contribution in [0.1, 0.15) is 11.4 Å². The Hall–Kier alpha value is -2.51. The maximum Gasteiger partial charge on any atom is 0.199 e. The summed E-state index contributed by atoms with van der Waals surface area (Å²) in [4.78, 5) is 0. The molecule has 0 saturated carbocycles. The minimum absolute atomic E-state index is 0.490. The van der Waals surface area contributed by atoms with E-state index in [-0.39, 0.29) is 0 Å². The van der Waals surface area contributed by atoms with E-state index in [1.807, 2.05) is 47.0 Å². The van der Waals surface area contributed by atoms with E-state index >= 15 is 0 Å². The van der Waals surface area contributed by atoms with Crippen LogP contribution in [0.4, 0.5) is 0 Å². The van der Waals surface area contributed by atoms with Gasteiger partial charge in [0.25, 0.3) is 0 Å². The Labute approximate surface area is 140 Å². The molecule has 0 aliphatic heterocycles. The van der Waals surface area contributed by atoms with Gasteiger partial charge in [0, 0.05) is 11.4 Å². The van der Waals surface area contributed by atoms with Crippen LogP contribution in [0.15, 0.2) is 47.1 Å². The van der Waals surface area contributed by atoms with Crippen molar-refractivity contribution in [3.63, 3.8) is 0 Å². The summed E-state index contributed by atoms with van der Waals surface area (Å²) in [6.07, 6.45) is 0.603. The number of hydrogen-bond donors (Lipinski definition) is 1. The van der Waals surface area contributed by atoms with E-state index in [0.717, 1.165) is 17.1 Å². The van der Waals surface area contributed by atoms with Crippen LogP contribution in [0.2, 0.25) is 5.02 Å². The molecule has 114 valence electrons. The lowest BCUT2D eigenvalue weighted by Gasteiger charge is -2.07. The molecule has 6 nitrogen and oxygen atoms in total. The summed E-state index contributed by atoms with van der Waals surface area (Å²) in [6.45, 7) is 0. The zero-order chi connectivity index (χ0) is 15.8. The van der Waals surface area contributed by atoms with Gasteiger partial charge < -0.3 is 0 Å². The highest BCUT2D eigenvalue weighted by Crippen LogP contribution is 2.22. The second kappa shape index (κ2) is 5.60. The number of aromatic amines is 1. The molecule has 2 heterocycles. The molecule has 0 atom stereocenters. The van der Waals surface area contributed by atoms with Crippen molar-refractivity contribution in [1.29, 1.82) is 0 Å². The lowest BCUT2D eigenvalue weighted by Crippen LogP contribution is -2.03. The van der Waals surface area contributed by atoms with Crippen LogP contribution < -0.4 is 0 Å². The second-order valence-corrected chi connectivity index (χ2v) is 5.82. The number of nitrogens with zero attached hydrogens (tertiary/aromatic N) is 4. The normalized spacial score (nSPS) is 11.2. The standard InChI is InChI=1S/C15H10ClN5OS/c16-10-6-4-9(5-7-10)8-13-17-18-15(23)21(13)12-3-1-2-11-14(12)20-22-19-11/h1-7H,8H2,(H,18,23). The van der Waals surface area contributed by atoms with Gasteiger partial charge in [-0.3, -0.25) is 9.67 Å². The van der Waals surface area contributed by atoms with Crippen LogP contribution in [-0.2, 0) is 6.42 Å². The number of aromatic nitrogens is 5. The first kappa shape index (κ1) is 14.1. The predicted molar refractivity (Wildman–Crippen MR) is 88.4 cm³/mol. The number of rotatable bonds is 3. The van der Waals surface area contributed by atoms with Crippen molar-refractivity contribution in [2.24, 2.45) is 0 Å². The van der Waals surface area contributed by atoms with Gasteiger partial charge in [-0.25, -0.2) is 4.63 Å². The van der Waals surface area contributed by atoms with Crippen LogP contribution in [-0.4, -0.2) is 25.1 Å². The molecule has 0 fully saturated rings. The molecule has 1 N–H and O–H groups in total. The molecule has 4 rings (SSSR count). The zero-order valence-electron chi connectivity index (χ0n) is 11.7. The number of nitrogens with one attached hydrogen (secondary N) is 1. The Balaban J connectivity index is 1.83. The average Bonchev–Trinajstić information content (AvgIpc) is 3.16. The smallest absolute Gasteiger partial charge is 0.199 e. The van der Waals surface area contributed by atoms with Crippen molar-refractivity contribution in [2.45, 2.75) is 6.42 Å². The van der Waals surface area contributed by atoms with E-state index < -0.39 is 0 Å². The van der Waals surface area contributed by atoms with E-state index in [0.29, 0.717) is 27.2 Å². The van der Waals surface area contributed by atoms with Crippen molar-refractivity contribution < 1.29 is 4.63 Å². The molecule has 0 radical (unpaired) electrons. The van der Waals surface area contributed by atoms with Gasteiger partial charge in [0.1, 0.15) is 11.3 Å².